The van der Waals surface area contributed by atoms with Gasteiger partial charge in [-0.25, -0.2) is 0 Å². The van der Waals surface area contributed by atoms with E-state index in [-0.39, 0.29) is 0 Å². The zero-order valence-corrected chi connectivity index (χ0v) is 13.6. The zero-order chi connectivity index (χ0) is 15.4. The Labute approximate surface area is 133 Å². The second-order valence-electron chi connectivity index (χ2n) is 5.73. The van der Waals surface area contributed by atoms with E-state index in [1.54, 1.807) is 6.26 Å². The van der Waals surface area contributed by atoms with Crippen LogP contribution in [0.25, 0.3) is 0 Å². The highest BCUT2D eigenvalue weighted by Gasteiger charge is 2.21. The van der Waals surface area contributed by atoms with Crippen LogP contribution in [0.1, 0.15) is 49.5 Å². The number of anilines is 1. The molecule has 1 aromatic carbocycles. The molecule has 3 rings (SSSR count). The lowest BCUT2D eigenvalue weighted by Gasteiger charge is -2.17. The minimum Gasteiger partial charge on any atom is -0.408 e. The molecule has 6 heteroatoms. The molecule has 5 nitrogen and oxygen atoms in total. The highest BCUT2D eigenvalue weighted by Crippen LogP contribution is 2.32. The molecule has 1 heterocycles. The first-order valence-electron chi connectivity index (χ1n) is 7.72. The Bertz CT molecular complexity index is 633. The monoisotopic (exact) mass is 319 g/mol. The zero-order valence-electron chi connectivity index (χ0n) is 12.7. The van der Waals surface area contributed by atoms with Crippen LogP contribution in [-0.2, 0) is 17.3 Å². The predicted molar refractivity (Wildman–Crippen MR) is 86.2 cm³/mol. The van der Waals surface area contributed by atoms with Gasteiger partial charge in [-0.05, 0) is 30.5 Å². The molecule has 0 unspecified atom stereocenters. The molecule has 1 aromatic heterocycles. The Hall–Kier alpha value is -1.69. The van der Waals surface area contributed by atoms with E-state index in [1.807, 2.05) is 24.3 Å². The van der Waals surface area contributed by atoms with Crippen LogP contribution in [0.5, 0.6) is 0 Å². The Morgan fingerprint density at radius 3 is 2.59 bits per heavy atom. The maximum absolute atomic E-state index is 11.4. The van der Waals surface area contributed by atoms with Crippen LogP contribution in [-0.4, -0.2) is 20.7 Å². The summed E-state index contributed by atoms with van der Waals surface area (Å²) in [5.41, 5.74) is 1.09. The van der Waals surface area contributed by atoms with Gasteiger partial charge in [-0.15, -0.1) is 5.10 Å². The molecule has 0 amide bonds. The molecule has 0 aliphatic heterocycles. The fourth-order valence-corrected chi connectivity index (χ4v) is 3.32. The Balaban J connectivity index is 1.57. The highest BCUT2D eigenvalue weighted by atomic mass is 32.2. The largest absolute Gasteiger partial charge is 0.408 e. The topological polar surface area (TPSA) is 68.0 Å². The SMILES string of the molecule is C[S@@](=O)c1ccc(CNc2nnc(C3CCCCC3)o2)cc1. The molecule has 1 saturated carbocycles. The van der Waals surface area contributed by atoms with Crippen molar-refractivity contribution in [3.05, 3.63) is 35.7 Å². The van der Waals surface area contributed by atoms with Gasteiger partial charge < -0.3 is 9.73 Å². The van der Waals surface area contributed by atoms with Crippen molar-refractivity contribution < 1.29 is 8.63 Å². The third-order valence-corrected chi connectivity index (χ3v) is 5.03. The third-order valence-electron chi connectivity index (χ3n) is 4.09. The van der Waals surface area contributed by atoms with E-state index in [0.29, 0.717) is 18.5 Å². The molecule has 1 N–H and O–H groups in total. The van der Waals surface area contributed by atoms with Gasteiger partial charge in [-0.1, -0.05) is 36.5 Å². The van der Waals surface area contributed by atoms with Gasteiger partial charge in [0.05, 0.1) is 0 Å². The third kappa shape index (κ3) is 3.74. The van der Waals surface area contributed by atoms with Crippen molar-refractivity contribution in [2.24, 2.45) is 0 Å². The highest BCUT2D eigenvalue weighted by molar-refractivity contribution is 7.84. The van der Waals surface area contributed by atoms with Gasteiger partial charge in [0.1, 0.15) is 0 Å². The second-order valence-corrected chi connectivity index (χ2v) is 7.11. The molecule has 0 bridgehead atoms. The molecule has 1 atom stereocenters. The van der Waals surface area contributed by atoms with Crippen molar-refractivity contribution in [2.75, 3.05) is 11.6 Å². The second kappa shape index (κ2) is 7.05. The maximum atomic E-state index is 11.4. The molecule has 0 radical (unpaired) electrons. The first-order chi connectivity index (χ1) is 10.7. The fourth-order valence-electron chi connectivity index (χ4n) is 2.80. The summed E-state index contributed by atoms with van der Waals surface area (Å²) in [5, 5.41) is 11.4. The first-order valence-corrected chi connectivity index (χ1v) is 9.28. The molecule has 0 spiro atoms. The molecular formula is C16H21N3O2S. The van der Waals surface area contributed by atoms with Crippen molar-refractivity contribution in [3.8, 4) is 0 Å². The number of aromatic nitrogens is 2. The number of hydrogen-bond acceptors (Lipinski definition) is 5. The molecule has 118 valence electrons. The van der Waals surface area contributed by atoms with Crippen molar-refractivity contribution in [1.29, 1.82) is 0 Å². The van der Waals surface area contributed by atoms with E-state index >= 15 is 0 Å². The van der Waals surface area contributed by atoms with Gasteiger partial charge in [0.2, 0.25) is 5.89 Å². The Morgan fingerprint density at radius 1 is 1.18 bits per heavy atom. The van der Waals surface area contributed by atoms with E-state index in [9.17, 15) is 4.21 Å². The Morgan fingerprint density at radius 2 is 1.91 bits per heavy atom. The minimum absolute atomic E-state index is 0.426. The summed E-state index contributed by atoms with van der Waals surface area (Å²) < 4.78 is 17.1. The molecule has 0 saturated heterocycles. The van der Waals surface area contributed by atoms with Crippen LogP contribution < -0.4 is 5.32 Å². The lowest BCUT2D eigenvalue weighted by atomic mass is 9.89. The number of benzene rings is 1. The van der Waals surface area contributed by atoms with E-state index in [2.05, 4.69) is 15.5 Å². The maximum Gasteiger partial charge on any atom is 0.315 e. The summed E-state index contributed by atoms with van der Waals surface area (Å²) in [5.74, 6) is 1.19. The van der Waals surface area contributed by atoms with Gasteiger partial charge in [0.15, 0.2) is 0 Å². The van der Waals surface area contributed by atoms with Gasteiger partial charge in [0, 0.05) is 34.4 Å². The van der Waals surface area contributed by atoms with Crippen LogP contribution in [0.2, 0.25) is 0 Å². The summed E-state index contributed by atoms with van der Waals surface area (Å²) in [7, 11) is -0.938. The van der Waals surface area contributed by atoms with Crippen LogP contribution in [0.15, 0.2) is 33.6 Å². The number of rotatable bonds is 5. The molecule has 1 aliphatic carbocycles. The van der Waals surface area contributed by atoms with E-state index in [1.165, 1.54) is 19.3 Å². The molecular weight excluding hydrogens is 298 g/mol. The van der Waals surface area contributed by atoms with Gasteiger partial charge in [-0.2, -0.15) is 0 Å². The first kappa shape index (κ1) is 15.2. The molecule has 22 heavy (non-hydrogen) atoms. The van der Waals surface area contributed by atoms with Crippen LogP contribution in [0.3, 0.4) is 0 Å². The fraction of sp³-hybridized carbons (Fsp3) is 0.500. The summed E-state index contributed by atoms with van der Waals surface area (Å²) in [6.07, 6.45) is 7.79. The number of nitrogens with zero attached hydrogens (tertiary/aromatic N) is 2. The number of hydrogen-bond donors (Lipinski definition) is 1. The van der Waals surface area contributed by atoms with E-state index < -0.39 is 10.8 Å². The van der Waals surface area contributed by atoms with Crippen molar-refractivity contribution in [3.63, 3.8) is 0 Å². The van der Waals surface area contributed by atoms with E-state index in [0.717, 1.165) is 29.2 Å². The van der Waals surface area contributed by atoms with Crippen molar-refractivity contribution >= 4 is 16.8 Å². The lowest BCUT2D eigenvalue weighted by Crippen LogP contribution is -2.04. The van der Waals surface area contributed by atoms with Crippen molar-refractivity contribution in [1.82, 2.24) is 10.2 Å². The standard InChI is InChI=1S/C16H21N3O2S/c1-22(20)14-9-7-12(8-10-14)11-17-16-19-18-15(21-16)13-5-3-2-4-6-13/h7-10,13H,2-6,11H2,1H3,(H,17,19)/t22-/m1/s1. The van der Waals surface area contributed by atoms with Crippen LogP contribution in [0, 0.1) is 0 Å². The summed E-state index contributed by atoms with van der Waals surface area (Å²) in [4.78, 5) is 0.834. The normalized spacial score (nSPS) is 17.3. The summed E-state index contributed by atoms with van der Waals surface area (Å²) >= 11 is 0. The quantitative estimate of drug-likeness (QED) is 0.914. The molecule has 1 fully saturated rings. The summed E-state index contributed by atoms with van der Waals surface area (Å²) in [6.45, 7) is 0.614. The predicted octanol–water partition coefficient (Wildman–Crippen LogP) is 3.47. The molecule has 1 aliphatic rings. The minimum atomic E-state index is -0.938. The number of nitrogens with one attached hydrogen (secondary N) is 1. The van der Waals surface area contributed by atoms with Gasteiger partial charge >= 0.3 is 6.01 Å². The van der Waals surface area contributed by atoms with Crippen LogP contribution in [0.4, 0.5) is 6.01 Å². The lowest BCUT2D eigenvalue weighted by molar-refractivity contribution is 0.367. The average Bonchev–Trinajstić information content (AvgIpc) is 3.03. The van der Waals surface area contributed by atoms with Gasteiger partial charge in [-0.3, -0.25) is 4.21 Å². The smallest absolute Gasteiger partial charge is 0.315 e. The van der Waals surface area contributed by atoms with Crippen molar-refractivity contribution in [2.45, 2.75) is 49.5 Å². The average molecular weight is 319 g/mol. The van der Waals surface area contributed by atoms with Crippen LogP contribution >= 0.6 is 0 Å². The molecule has 2 aromatic rings. The Kier molecular flexibility index (Phi) is 4.87. The van der Waals surface area contributed by atoms with E-state index in [4.69, 9.17) is 4.42 Å². The van der Waals surface area contributed by atoms with Gasteiger partial charge in [0.25, 0.3) is 0 Å². The summed E-state index contributed by atoms with van der Waals surface area (Å²) in [6, 6.07) is 8.16.